The zero-order chi connectivity index (χ0) is 53.5. The lowest BCUT2D eigenvalue weighted by atomic mass is 9.93. The first-order valence-corrected chi connectivity index (χ1v) is 24.5. The van der Waals surface area contributed by atoms with Gasteiger partial charge in [0, 0.05) is 56.4 Å². The minimum Gasteiger partial charge on any atom is -0.481 e. The number of amides is 6. The number of nitrogens with two attached hydrogens (primary N) is 1. The van der Waals surface area contributed by atoms with Gasteiger partial charge in [0.2, 0.25) is 27.7 Å². The Morgan fingerprint density at radius 1 is 0.849 bits per heavy atom. The third-order valence-corrected chi connectivity index (χ3v) is 13.1. The number of carboxylic acids is 1. The molecule has 0 fully saturated rings. The number of likely N-dealkylation sites (N-methyl/N-ethyl adjacent to an activating group) is 1. The van der Waals surface area contributed by atoms with Crippen molar-refractivity contribution in [2.45, 2.75) is 82.6 Å². The van der Waals surface area contributed by atoms with Crippen molar-refractivity contribution in [3.63, 3.8) is 0 Å². The van der Waals surface area contributed by atoms with E-state index in [1.165, 1.54) is 49.6 Å². The average molecular weight is 1040 g/mol. The Kier molecular flexibility index (Phi) is 19.6. The summed E-state index contributed by atoms with van der Waals surface area (Å²) in [6, 6.07) is 19.6. The second-order valence-corrected chi connectivity index (χ2v) is 19.1. The number of pyridine rings is 1. The Morgan fingerprint density at radius 3 is 2.19 bits per heavy atom. The molecule has 23 heteroatoms. The molecule has 2 atom stereocenters. The molecule has 6 amide bonds. The molecule has 0 bridgehead atoms. The molecule has 1 aromatic heterocycles. The number of hydrogen-bond acceptors (Lipinski definition) is 11. The lowest BCUT2D eigenvalue weighted by molar-refractivity contribution is -0.139. The monoisotopic (exact) mass is 1030 g/mol. The summed E-state index contributed by atoms with van der Waals surface area (Å²) >= 11 is 0. The van der Waals surface area contributed by atoms with Gasteiger partial charge < -0.3 is 46.9 Å². The second kappa shape index (κ2) is 25.5. The van der Waals surface area contributed by atoms with E-state index in [0.717, 1.165) is 15.9 Å². The number of aliphatic carboxylic acids is 1. The predicted molar refractivity (Wildman–Crippen MR) is 264 cm³/mol. The highest BCUT2D eigenvalue weighted by molar-refractivity contribution is 7.89. The first-order valence-electron chi connectivity index (χ1n) is 23.0. The third kappa shape index (κ3) is 16.1. The number of rotatable bonds is 24. The van der Waals surface area contributed by atoms with Crippen LogP contribution in [0.25, 0.3) is 22.0 Å². The molecule has 73 heavy (non-hydrogen) atoms. The molecule has 0 aliphatic heterocycles. The summed E-state index contributed by atoms with van der Waals surface area (Å²) < 4.78 is 81.3. The molecule has 4 aromatic carbocycles. The van der Waals surface area contributed by atoms with Crippen molar-refractivity contribution in [3.8, 4) is 22.6 Å². The van der Waals surface area contributed by atoms with Crippen LogP contribution in [0, 0.1) is 5.92 Å². The minimum atomic E-state index is -4.61. The summed E-state index contributed by atoms with van der Waals surface area (Å²) in [5, 5.41) is 22.0. The zero-order valence-electron chi connectivity index (χ0n) is 40.4. The Bertz CT molecular complexity index is 2900. The van der Waals surface area contributed by atoms with Gasteiger partial charge >= 0.3 is 24.3 Å². The standard InChI is InChI=1S/C50H57F3N8O11S/c1-5-32-28-57-45-38(14-8-15-39(45)50(51,52)53)43(32)33-10-6-11-35(26-33)72-36-12-7-13-37(27-36)73(69,70)61(4)25-24-56-49(68)71-29-31-17-19-34(20-18-31)58-46(65)40(16-9-23-55-48(54)67)59-47(66)44(30(2)3)60-41(62)21-22-42(63)64/h6-8,10-15,17-20,26-28,30,40,44H,5,9,16,21-25,29H2,1-4H3,(H,56,68)(H,58,65)(H,59,66)(H,60,62)(H,63,64)(H3,54,55,67)/t40-,44-/m0/s1. The Morgan fingerprint density at radius 2 is 1.53 bits per heavy atom. The first-order chi connectivity index (χ1) is 34.6. The number of aryl methyl sites for hydroxylation is 1. The lowest BCUT2D eigenvalue weighted by Gasteiger charge is -2.25. The van der Waals surface area contributed by atoms with Crippen molar-refractivity contribution in [2.24, 2.45) is 11.7 Å². The van der Waals surface area contributed by atoms with Crippen molar-refractivity contribution >= 4 is 62.4 Å². The Hall–Kier alpha value is -7.79. The van der Waals surface area contributed by atoms with Crippen LogP contribution in [0.15, 0.2) is 102 Å². The number of sulfonamides is 1. The van der Waals surface area contributed by atoms with E-state index in [1.807, 2.05) is 6.92 Å². The van der Waals surface area contributed by atoms with E-state index in [0.29, 0.717) is 39.9 Å². The van der Waals surface area contributed by atoms with Crippen LogP contribution in [0.3, 0.4) is 0 Å². The number of anilines is 1. The predicted octanol–water partition coefficient (Wildman–Crippen LogP) is 6.70. The molecule has 0 spiro atoms. The molecule has 390 valence electrons. The van der Waals surface area contributed by atoms with Crippen LogP contribution in [-0.2, 0) is 53.1 Å². The number of carbonyl (C=O) groups is 6. The summed E-state index contributed by atoms with van der Waals surface area (Å²) in [7, 11) is -2.76. The molecule has 8 N–H and O–H groups in total. The summed E-state index contributed by atoms with van der Waals surface area (Å²) in [6.45, 7) is 4.85. The molecule has 0 aliphatic rings. The highest BCUT2D eigenvalue weighted by Gasteiger charge is 2.34. The first kappa shape index (κ1) is 56.1. The number of nitrogens with one attached hydrogen (secondary N) is 5. The Labute approximate surface area is 419 Å². The van der Waals surface area contributed by atoms with E-state index in [4.69, 9.17) is 20.3 Å². The van der Waals surface area contributed by atoms with Crippen LogP contribution in [0.2, 0.25) is 0 Å². The van der Waals surface area contributed by atoms with Gasteiger partial charge in [-0.3, -0.25) is 24.2 Å². The number of fused-ring (bicyclic) bond motifs is 1. The highest BCUT2D eigenvalue weighted by Crippen LogP contribution is 2.40. The van der Waals surface area contributed by atoms with Gasteiger partial charge in [-0.1, -0.05) is 63.2 Å². The zero-order valence-corrected chi connectivity index (χ0v) is 41.2. The van der Waals surface area contributed by atoms with Gasteiger partial charge in [-0.05, 0) is 89.9 Å². The molecule has 0 radical (unpaired) electrons. The third-order valence-electron chi connectivity index (χ3n) is 11.3. The molecule has 1 heterocycles. The number of halogens is 3. The quantitative estimate of drug-likeness (QED) is 0.0318. The van der Waals surface area contributed by atoms with Crippen LogP contribution in [0.5, 0.6) is 11.5 Å². The molecule has 0 unspecified atom stereocenters. The number of urea groups is 1. The number of benzene rings is 4. The van der Waals surface area contributed by atoms with E-state index < -0.39 is 82.0 Å². The van der Waals surface area contributed by atoms with E-state index in [2.05, 4.69) is 31.6 Å². The molecule has 5 rings (SSSR count). The topological polar surface area (TPSA) is 278 Å². The highest BCUT2D eigenvalue weighted by atomic mass is 32.2. The fraction of sp³-hybridized carbons (Fsp3) is 0.340. The molecule has 0 saturated heterocycles. The summed E-state index contributed by atoms with van der Waals surface area (Å²) in [5.41, 5.74) is 6.83. The van der Waals surface area contributed by atoms with Gasteiger partial charge in [0.15, 0.2) is 0 Å². The average Bonchev–Trinajstić information content (AvgIpc) is 3.34. The maximum Gasteiger partial charge on any atom is 0.418 e. The van der Waals surface area contributed by atoms with E-state index in [9.17, 15) is 50.4 Å². The maximum atomic E-state index is 13.9. The largest absolute Gasteiger partial charge is 0.481 e. The van der Waals surface area contributed by atoms with Gasteiger partial charge in [0.1, 0.15) is 30.2 Å². The van der Waals surface area contributed by atoms with Crippen molar-refractivity contribution in [2.75, 3.05) is 32.0 Å². The summed E-state index contributed by atoms with van der Waals surface area (Å²) in [6.07, 6.45) is -3.99. The molecule has 0 aliphatic carbocycles. The van der Waals surface area contributed by atoms with Gasteiger partial charge in [0.25, 0.3) is 0 Å². The van der Waals surface area contributed by atoms with Gasteiger partial charge in [-0.2, -0.15) is 17.5 Å². The number of nitrogens with zero attached hydrogens (tertiary/aromatic N) is 2. The van der Waals surface area contributed by atoms with E-state index >= 15 is 0 Å². The van der Waals surface area contributed by atoms with Crippen molar-refractivity contribution < 1.29 is 64.9 Å². The number of aromatic nitrogens is 1. The number of primary amides is 1. The van der Waals surface area contributed by atoms with E-state index in [-0.39, 0.29) is 61.7 Å². The number of carboxylic acid groups (broad SMARTS) is 1. The summed E-state index contributed by atoms with van der Waals surface area (Å²) in [5.74, 6) is -3.08. The second-order valence-electron chi connectivity index (χ2n) is 17.0. The normalized spacial score (nSPS) is 12.4. The van der Waals surface area contributed by atoms with Crippen LogP contribution in [0.1, 0.15) is 63.1 Å². The fourth-order valence-electron chi connectivity index (χ4n) is 7.43. The van der Waals surface area contributed by atoms with Crippen LogP contribution >= 0.6 is 0 Å². The molecular weight excluding hydrogens is 978 g/mol. The summed E-state index contributed by atoms with van der Waals surface area (Å²) in [4.78, 5) is 77.8. The smallest absolute Gasteiger partial charge is 0.418 e. The van der Waals surface area contributed by atoms with Crippen LogP contribution < -0.4 is 37.1 Å². The van der Waals surface area contributed by atoms with Crippen molar-refractivity contribution in [1.82, 2.24) is 30.6 Å². The SMILES string of the molecule is CCc1cnc2c(C(F)(F)F)cccc2c1-c1cccc(Oc2cccc(S(=O)(=O)N(C)CCNC(=O)OCc3ccc(NC(=O)[C@H](CCCNC(N)=O)NC(=O)[C@@H](NC(=O)CCC(=O)O)C(C)C)cc3)c2)c1. The van der Waals surface area contributed by atoms with E-state index in [1.54, 1.807) is 62.4 Å². The Balaban J connectivity index is 1.13. The number of hydrogen-bond donors (Lipinski definition) is 7. The molecular formula is C50H57F3N8O11S. The fourth-order valence-corrected chi connectivity index (χ4v) is 8.64. The number of para-hydroxylation sites is 1. The van der Waals surface area contributed by atoms with Crippen molar-refractivity contribution in [1.29, 1.82) is 0 Å². The number of ether oxygens (including phenoxy) is 2. The maximum absolute atomic E-state index is 13.9. The van der Waals surface area contributed by atoms with Gasteiger partial charge in [-0.15, -0.1) is 0 Å². The van der Waals surface area contributed by atoms with Gasteiger partial charge in [0.05, 0.1) is 22.4 Å². The molecule has 19 nitrogen and oxygen atoms in total. The molecule has 0 saturated carbocycles. The van der Waals surface area contributed by atoms with Gasteiger partial charge in [-0.25, -0.2) is 18.0 Å². The van der Waals surface area contributed by atoms with Crippen molar-refractivity contribution in [3.05, 3.63) is 114 Å². The number of alkyl carbamates (subject to hydrolysis) is 1. The van der Waals surface area contributed by atoms with Crippen LogP contribution in [0.4, 0.5) is 28.4 Å². The number of carbonyl (C=O) groups excluding carboxylic acids is 5. The number of alkyl halides is 3. The lowest BCUT2D eigenvalue weighted by Crippen LogP contribution is -2.54. The van der Waals surface area contributed by atoms with Crippen LogP contribution in [-0.4, -0.2) is 97.4 Å². The molecule has 5 aromatic rings. The minimum absolute atomic E-state index is 0.0635.